The zero-order valence-corrected chi connectivity index (χ0v) is 16.3. The van der Waals surface area contributed by atoms with Gasteiger partial charge in [0.05, 0.1) is 11.9 Å². The minimum absolute atomic E-state index is 0.171. The van der Waals surface area contributed by atoms with Crippen molar-refractivity contribution in [1.82, 2.24) is 4.72 Å². The Kier molecular flexibility index (Phi) is 4.33. The molecule has 0 saturated heterocycles. The standard InChI is InChI=1S/C19H18N2O4S2/c1-11(21-27(2,23)24)12-3-5-13(6-4-12)17-16(22)8-7-15-18(17)14-9-10-26-19(14)25-20-15/h3-11,20-22H,1-2H3/t11-/m0/s1. The van der Waals surface area contributed by atoms with Crippen molar-refractivity contribution in [2.75, 3.05) is 11.7 Å². The second-order valence-corrected chi connectivity index (χ2v) is 9.10. The van der Waals surface area contributed by atoms with E-state index >= 15 is 0 Å². The number of thiophene rings is 1. The lowest BCUT2D eigenvalue weighted by Gasteiger charge is -2.22. The fraction of sp³-hybridized carbons (Fsp3) is 0.158. The van der Waals surface area contributed by atoms with E-state index in [1.54, 1.807) is 19.1 Å². The topological polar surface area (TPSA) is 87.7 Å². The van der Waals surface area contributed by atoms with Gasteiger partial charge in [-0.1, -0.05) is 24.3 Å². The van der Waals surface area contributed by atoms with Gasteiger partial charge in [0, 0.05) is 22.7 Å². The van der Waals surface area contributed by atoms with Crippen LogP contribution in [0, 0.1) is 0 Å². The van der Waals surface area contributed by atoms with Gasteiger partial charge in [0.2, 0.25) is 15.1 Å². The van der Waals surface area contributed by atoms with E-state index in [2.05, 4.69) is 10.2 Å². The van der Waals surface area contributed by atoms with Crippen LogP contribution in [0.2, 0.25) is 0 Å². The Labute approximate surface area is 161 Å². The largest absolute Gasteiger partial charge is 0.507 e. The lowest BCUT2D eigenvalue weighted by molar-refractivity contribution is 0.413. The van der Waals surface area contributed by atoms with E-state index in [9.17, 15) is 13.5 Å². The Balaban J connectivity index is 1.77. The van der Waals surface area contributed by atoms with Crippen LogP contribution in [0.5, 0.6) is 10.8 Å². The highest BCUT2D eigenvalue weighted by molar-refractivity contribution is 7.88. The van der Waals surface area contributed by atoms with E-state index in [0.29, 0.717) is 5.56 Å². The van der Waals surface area contributed by atoms with E-state index in [1.807, 2.05) is 35.7 Å². The van der Waals surface area contributed by atoms with Crippen LogP contribution < -0.4 is 15.0 Å². The van der Waals surface area contributed by atoms with Crippen LogP contribution >= 0.6 is 11.3 Å². The number of phenols is 1. The first-order valence-electron chi connectivity index (χ1n) is 8.28. The Morgan fingerprint density at radius 3 is 2.56 bits per heavy atom. The number of nitrogens with one attached hydrogen (secondary N) is 2. The normalized spacial score (nSPS) is 13.9. The fourth-order valence-corrected chi connectivity index (χ4v) is 4.73. The van der Waals surface area contributed by atoms with E-state index < -0.39 is 10.0 Å². The first-order chi connectivity index (χ1) is 12.8. The summed E-state index contributed by atoms with van der Waals surface area (Å²) in [5.74, 6) is 0.171. The zero-order valence-electron chi connectivity index (χ0n) is 14.7. The molecule has 6 nitrogen and oxygen atoms in total. The molecule has 0 fully saturated rings. The number of rotatable bonds is 4. The van der Waals surface area contributed by atoms with E-state index in [-0.39, 0.29) is 11.8 Å². The van der Waals surface area contributed by atoms with Gasteiger partial charge in [-0.3, -0.25) is 0 Å². The van der Waals surface area contributed by atoms with Gasteiger partial charge in [-0.05, 0) is 41.6 Å². The molecule has 1 aliphatic rings. The first-order valence-corrected chi connectivity index (χ1v) is 11.0. The van der Waals surface area contributed by atoms with Gasteiger partial charge in [0.15, 0.2) is 0 Å². The molecular weight excluding hydrogens is 384 g/mol. The summed E-state index contributed by atoms with van der Waals surface area (Å²) >= 11 is 1.48. The summed E-state index contributed by atoms with van der Waals surface area (Å²) in [5.41, 5.74) is 7.89. The van der Waals surface area contributed by atoms with Crippen molar-refractivity contribution in [1.29, 1.82) is 0 Å². The molecule has 2 heterocycles. The number of phenolic OH excluding ortho intramolecular Hbond substituents is 1. The van der Waals surface area contributed by atoms with Crippen LogP contribution in [0.15, 0.2) is 47.8 Å². The molecule has 0 saturated carbocycles. The van der Waals surface area contributed by atoms with E-state index in [0.717, 1.165) is 39.3 Å². The lowest BCUT2D eigenvalue weighted by atomic mass is 9.92. The molecule has 4 rings (SSSR count). The predicted molar refractivity (Wildman–Crippen MR) is 108 cm³/mol. The van der Waals surface area contributed by atoms with Crippen molar-refractivity contribution in [3.8, 4) is 33.1 Å². The molecule has 3 aromatic rings. The third-order valence-electron chi connectivity index (χ3n) is 4.43. The highest BCUT2D eigenvalue weighted by Gasteiger charge is 2.24. The molecule has 1 aromatic heterocycles. The maximum atomic E-state index is 11.4. The van der Waals surface area contributed by atoms with Crippen molar-refractivity contribution in [3.63, 3.8) is 0 Å². The van der Waals surface area contributed by atoms with Crippen LogP contribution in [0.1, 0.15) is 18.5 Å². The minimum atomic E-state index is -3.29. The SMILES string of the molecule is C[C@H](NS(C)(=O)=O)c1ccc(-c2c(O)ccc3c2-c2ccsc2ON3)cc1. The average molecular weight is 402 g/mol. The quantitative estimate of drug-likeness (QED) is 0.572. The Morgan fingerprint density at radius 1 is 1.11 bits per heavy atom. The minimum Gasteiger partial charge on any atom is -0.507 e. The van der Waals surface area contributed by atoms with Gasteiger partial charge in [0.25, 0.3) is 0 Å². The summed E-state index contributed by atoms with van der Waals surface area (Å²) in [7, 11) is -3.29. The summed E-state index contributed by atoms with van der Waals surface area (Å²) in [4.78, 5) is 5.54. The third kappa shape index (κ3) is 3.39. The van der Waals surface area contributed by atoms with Gasteiger partial charge in [-0.25, -0.2) is 18.6 Å². The molecule has 0 amide bonds. The number of anilines is 1. The number of aromatic hydroxyl groups is 1. The molecule has 1 atom stereocenters. The second-order valence-electron chi connectivity index (χ2n) is 6.44. The number of fused-ring (bicyclic) bond motifs is 3. The van der Waals surface area contributed by atoms with E-state index in [4.69, 9.17) is 4.84 Å². The Hall–Kier alpha value is -2.55. The highest BCUT2D eigenvalue weighted by atomic mass is 32.2. The predicted octanol–water partition coefficient (Wildman–Crippen LogP) is 4.12. The zero-order chi connectivity index (χ0) is 19.2. The fourth-order valence-electron chi connectivity index (χ4n) is 3.24. The third-order valence-corrected chi connectivity index (χ3v) is 6.00. The van der Waals surface area contributed by atoms with Gasteiger partial charge in [-0.2, -0.15) is 0 Å². The van der Waals surface area contributed by atoms with Crippen molar-refractivity contribution >= 4 is 27.0 Å². The Morgan fingerprint density at radius 2 is 1.85 bits per heavy atom. The first kappa shape index (κ1) is 17.8. The van der Waals surface area contributed by atoms with Crippen molar-refractivity contribution < 1.29 is 18.4 Å². The number of sulfonamides is 1. The second kappa shape index (κ2) is 6.56. The molecule has 140 valence electrons. The molecular formula is C19H18N2O4S2. The summed E-state index contributed by atoms with van der Waals surface area (Å²) in [5, 5.41) is 13.2. The molecule has 3 N–H and O–H groups in total. The van der Waals surface area contributed by atoms with Crippen LogP contribution in [-0.2, 0) is 10.0 Å². The monoisotopic (exact) mass is 402 g/mol. The molecule has 8 heteroatoms. The van der Waals surface area contributed by atoms with Gasteiger partial charge >= 0.3 is 0 Å². The summed E-state index contributed by atoms with van der Waals surface area (Å²) < 4.78 is 25.4. The molecule has 0 aliphatic carbocycles. The molecule has 0 bridgehead atoms. The Bertz CT molecular complexity index is 1110. The average Bonchev–Trinajstić information content (AvgIpc) is 3.09. The number of hydrogen-bond donors (Lipinski definition) is 3. The summed E-state index contributed by atoms with van der Waals surface area (Å²) in [6.07, 6.45) is 1.14. The maximum Gasteiger partial charge on any atom is 0.216 e. The molecule has 0 unspecified atom stereocenters. The van der Waals surface area contributed by atoms with Crippen LogP contribution in [-0.4, -0.2) is 19.8 Å². The van der Waals surface area contributed by atoms with Gasteiger partial charge < -0.3 is 9.94 Å². The van der Waals surface area contributed by atoms with Gasteiger partial charge in [0.1, 0.15) is 5.75 Å². The molecule has 0 radical (unpaired) electrons. The molecule has 2 aromatic carbocycles. The summed E-state index contributed by atoms with van der Waals surface area (Å²) in [6, 6.07) is 12.5. The number of hydrogen-bond acceptors (Lipinski definition) is 6. The lowest BCUT2D eigenvalue weighted by Crippen LogP contribution is -2.25. The molecule has 1 aliphatic heterocycles. The van der Waals surface area contributed by atoms with E-state index in [1.165, 1.54) is 11.3 Å². The van der Waals surface area contributed by atoms with Crippen LogP contribution in [0.4, 0.5) is 5.69 Å². The molecule has 27 heavy (non-hydrogen) atoms. The summed E-state index contributed by atoms with van der Waals surface area (Å²) in [6.45, 7) is 1.79. The van der Waals surface area contributed by atoms with Crippen molar-refractivity contribution in [3.05, 3.63) is 53.4 Å². The van der Waals surface area contributed by atoms with Crippen LogP contribution in [0.3, 0.4) is 0 Å². The highest BCUT2D eigenvalue weighted by Crippen LogP contribution is 2.50. The van der Waals surface area contributed by atoms with Crippen molar-refractivity contribution in [2.45, 2.75) is 13.0 Å². The van der Waals surface area contributed by atoms with Gasteiger partial charge in [-0.15, -0.1) is 11.3 Å². The van der Waals surface area contributed by atoms with Crippen molar-refractivity contribution in [2.24, 2.45) is 0 Å². The number of benzene rings is 2. The molecule has 0 spiro atoms. The maximum absolute atomic E-state index is 11.4. The van der Waals surface area contributed by atoms with Crippen LogP contribution in [0.25, 0.3) is 22.3 Å². The smallest absolute Gasteiger partial charge is 0.216 e.